The number of azide groups is 1. The molecule has 0 aliphatic heterocycles. The average Bonchev–Trinajstić information content (AvgIpc) is 2.46. The van der Waals surface area contributed by atoms with Crippen molar-refractivity contribution in [3.05, 3.63) is 58.5 Å². The van der Waals surface area contributed by atoms with Gasteiger partial charge in [0.05, 0.1) is 7.11 Å². The molecule has 0 aliphatic rings. The molecule has 0 N–H and O–H groups in total. The van der Waals surface area contributed by atoms with E-state index in [1.54, 1.807) is 13.0 Å². The van der Waals surface area contributed by atoms with Gasteiger partial charge in [0.2, 0.25) is 0 Å². The van der Waals surface area contributed by atoms with Gasteiger partial charge < -0.3 is 4.74 Å². The highest BCUT2D eigenvalue weighted by Crippen LogP contribution is 2.30. The molecule has 0 saturated heterocycles. The molecule has 5 nitrogen and oxygen atoms in total. The van der Waals surface area contributed by atoms with Crippen LogP contribution in [0.1, 0.15) is 12.5 Å². The van der Waals surface area contributed by atoms with Crippen LogP contribution in [0, 0.1) is 0 Å². The molecular formula is C14H13N3O2. The average molecular weight is 255 g/mol. The van der Waals surface area contributed by atoms with Crippen molar-refractivity contribution in [3.63, 3.8) is 0 Å². The highest BCUT2D eigenvalue weighted by molar-refractivity contribution is 5.87. The minimum atomic E-state index is -1.35. The molecule has 0 heterocycles. The summed E-state index contributed by atoms with van der Waals surface area (Å²) in [7, 11) is 1.27. The smallest absolute Gasteiger partial charge is 0.322 e. The third-order valence-electron chi connectivity index (χ3n) is 3.14. The van der Waals surface area contributed by atoms with E-state index >= 15 is 0 Å². The molecule has 2 aromatic rings. The van der Waals surface area contributed by atoms with E-state index in [0.29, 0.717) is 5.56 Å². The van der Waals surface area contributed by atoms with Gasteiger partial charge in [0, 0.05) is 4.91 Å². The Bertz CT molecular complexity index is 677. The van der Waals surface area contributed by atoms with Crippen molar-refractivity contribution in [2.45, 2.75) is 12.5 Å². The number of methoxy groups -OCH3 is 1. The van der Waals surface area contributed by atoms with Crippen LogP contribution in [0.5, 0.6) is 0 Å². The number of fused-ring (bicyclic) bond motifs is 1. The maximum atomic E-state index is 11.9. The molecule has 0 amide bonds. The van der Waals surface area contributed by atoms with Gasteiger partial charge in [-0.15, -0.1) is 0 Å². The molecule has 5 heteroatoms. The van der Waals surface area contributed by atoms with Crippen molar-refractivity contribution in [2.75, 3.05) is 7.11 Å². The first-order chi connectivity index (χ1) is 9.11. The summed E-state index contributed by atoms with van der Waals surface area (Å²) >= 11 is 0. The summed E-state index contributed by atoms with van der Waals surface area (Å²) in [5.74, 6) is -0.583. The Hall–Kier alpha value is -2.52. The summed E-state index contributed by atoms with van der Waals surface area (Å²) in [4.78, 5) is 14.6. The van der Waals surface area contributed by atoms with E-state index in [2.05, 4.69) is 10.0 Å². The van der Waals surface area contributed by atoms with Crippen LogP contribution in [0.25, 0.3) is 21.2 Å². The Morgan fingerprint density at radius 3 is 2.58 bits per heavy atom. The second-order valence-electron chi connectivity index (χ2n) is 4.32. The number of carbonyl (C=O) groups excluding carboxylic acids is 1. The zero-order chi connectivity index (χ0) is 13.9. The summed E-state index contributed by atoms with van der Waals surface area (Å²) in [5, 5.41) is 5.64. The lowest BCUT2D eigenvalue weighted by Crippen LogP contribution is -2.31. The molecule has 1 unspecified atom stereocenters. The standard InChI is InChI=1S/C14H13N3O2/c1-14(16-17-15,13(18)19-2)12-8-7-10-5-3-4-6-11(10)9-12/h3-9H,1-2H3. The number of nitrogens with zero attached hydrogens (tertiary/aromatic N) is 3. The van der Waals surface area contributed by atoms with Crippen LogP contribution in [-0.4, -0.2) is 13.1 Å². The van der Waals surface area contributed by atoms with Gasteiger partial charge in [0.15, 0.2) is 5.54 Å². The molecule has 1 atom stereocenters. The third kappa shape index (κ3) is 2.23. The molecule has 0 bridgehead atoms. The zero-order valence-corrected chi connectivity index (χ0v) is 10.7. The topological polar surface area (TPSA) is 75.1 Å². The fourth-order valence-corrected chi connectivity index (χ4v) is 2.00. The quantitative estimate of drug-likeness (QED) is 0.364. The van der Waals surface area contributed by atoms with Crippen molar-refractivity contribution >= 4 is 16.7 Å². The van der Waals surface area contributed by atoms with Crippen LogP contribution in [-0.2, 0) is 15.1 Å². The van der Waals surface area contributed by atoms with Crippen LogP contribution < -0.4 is 0 Å². The predicted octanol–water partition coefficient (Wildman–Crippen LogP) is 3.54. The summed E-state index contributed by atoms with van der Waals surface area (Å²) in [6.07, 6.45) is 0. The van der Waals surface area contributed by atoms with E-state index in [4.69, 9.17) is 10.3 Å². The number of hydrogen-bond donors (Lipinski definition) is 0. The number of esters is 1. The molecule has 0 radical (unpaired) electrons. The SMILES string of the molecule is COC(=O)C(C)(N=[N+]=[N-])c1ccc2ccccc2c1. The van der Waals surface area contributed by atoms with E-state index in [0.717, 1.165) is 10.8 Å². The van der Waals surface area contributed by atoms with Crippen LogP contribution >= 0.6 is 0 Å². The van der Waals surface area contributed by atoms with E-state index in [-0.39, 0.29) is 0 Å². The number of hydrogen-bond acceptors (Lipinski definition) is 3. The Morgan fingerprint density at radius 2 is 1.95 bits per heavy atom. The highest BCUT2D eigenvalue weighted by atomic mass is 16.5. The van der Waals surface area contributed by atoms with Crippen LogP contribution in [0.2, 0.25) is 0 Å². The molecule has 2 aromatic carbocycles. The van der Waals surface area contributed by atoms with E-state index < -0.39 is 11.5 Å². The summed E-state index contributed by atoms with van der Waals surface area (Å²) in [6, 6.07) is 13.3. The summed E-state index contributed by atoms with van der Waals surface area (Å²) in [5.41, 5.74) is 7.93. The van der Waals surface area contributed by atoms with Crippen LogP contribution in [0.15, 0.2) is 47.6 Å². The molecule has 0 spiro atoms. The predicted molar refractivity (Wildman–Crippen MR) is 72.5 cm³/mol. The number of carbonyl (C=O) groups is 1. The summed E-state index contributed by atoms with van der Waals surface area (Å²) < 4.78 is 4.73. The molecule has 96 valence electrons. The highest BCUT2D eigenvalue weighted by Gasteiger charge is 2.35. The Morgan fingerprint density at radius 1 is 1.26 bits per heavy atom. The lowest BCUT2D eigenvalue weighted by atomic mass is 9.91. The first-order valence-corrected chi connectivity index (χ1v) is 5.76. The van der Waals surface area contributed by atoms with Gasteiger partial charge in [0.1, 0.15) is 0 Å². The number of benzene rings is 2. The maximum absolute atomic E-state index is 11.9. The fourth-order valence-electron chi connectivity index (χ4n) is 2.00. The molecule has 0 saturated carbocycles. The van der Waals surface area contributed by atoms with Gasteiger partial charge in [-0.2, -0.15) is 0 Å². The first kappa shape index (κ1) is 12.9. The van der Waals surface area contributed by atoms with Gasteiger partial charge >= 0.3 is 5.97 Å². The number of ether oxygens (including phenoxy) is 1. The van der Waals surface area contributed by atoms with Gasteiger partial charge in [-0.05, 0) is 34.9 Å². The maximum Gasteiger partial charge on any atom is 0.322 e. The summed E-state index contributed by atoms with van der Waals surface area (Å²) in [6.45, 7) is 1.54. The lowest BCUT2D eigenvalue weighted by Gasteiger charge is -2.21. The van der Waals surface area contributed by atoms with Gasteiger partial charge in [-0.1, -0.05) is 41.5 Å². The molecular weight excluding hydrogens is 242 g/mol. The largest absolute Gasteiger partial charge is 0.468 e. The van der Waals surface area contributed by atoms with E-state index in [1.807, 2.05) is 36.4 Å². The Kier molecular flexibility index (Phi) is 3.40. The molecule has 0 aromatic heterocycles. The van der Waals surface area contributed by atoms with E-state index in [1.165, 1.54) is 7.11 Å². The Labute approximate surface area is 110 Å². The van der Waals surface area contributed by atoms with E-state index in [9.17, 15) is 4.79 Å². The molecule has 0 fully saturated rings. The third-order valence-corrected chi connectivity index (χ3v) is 3.14. The minimum absolute atomic E-state index is 0.583. The molecule has 19 heavy (non-hydrogen) atoms. The van der Waals surface area contributed by atoms with Gasteiger partial charge in [0.25, 0.3) is 0 Å². The second-order valence-corrected chi connectivity index (χ2v) is 4.32. The van der Waals surface area contributed by atoms with Gasteiger partial charge in [-0.3, -0.25) is 4.79 Å². The monoisotopic (exact) mass is 255 g/mol. The normalized spacial score (nSPS) is 13.4. The fraction of sp³-hybridized carbons (Fsp3) is 0.214. The van der Waals surface area contributed by atoms with Crippen molar-refractivity contribution in [3.8, 4) is 0 Å². The van der Waals surface area contributed by atoms with Crippen molar-refractivity contribution in [2.24, 2.45) is 5.11 Å². The van der Waals surface area contributed by atoms with Crippen molar-refractivity contribution in [1.29, 1.82) is 0 Å². The van der Waals surface area contributed by atoms with Crippen molar-refractivity contribution < 1.29 is 9.53 Å². The molecule has 2 rings (SSSR count). The number of rotatable bonds is 3. The van der Waals surface area contributed by atoms with Crippen LogP contribution in [0.3, 0.4) is 0 Å². The van der Waals surface area contributed by atoms with Gasteiger partial charge in [-0.25, -0.2) is 0 Å². The molecule has 0 aliphatic carbocycles. The van der Waals surface area contributed by atoms with Crippen molar-refractivity contribution in [1.82, 2.24) is 0 Å². The second kappa shape index (κ2) is 5.00. The minimum Gasteiger partial charge on any atom is -0.468 e. The van der Waals surface area contributed by atoms with Crippen LogP contribution in [0.4, 0.5) is 0 Å². The lowest BCUT2D eigenvalue weighted by molar-refractivity contribution is -0.146. The Balaban J connectivity index is 2.63. The first-order valence-electron chi connectivity index (χ1n) is 5.76. The zero-order valence-electron chi connectivity index (χ0n) is 10.7.